The first-order chi connectivity index (χ1) is 11.5. The van der Waals surface area contributed by atoms with Gasteiger partial charge in [0.25, 0.3) is 0 Å². The maximum absolute atomic E-state index is 11.5. The Hall–Kier alpha value is -2.77. The highest BCUT2D eigenvalue weighted by Crippen LogP contribution is 2.20. The number of rotatable bonds is 4. The van der Waals surface area contributed by atoms with Crippen LogP contribution < -0.4 is 10.9 Å². The molecular weight excluding hydrogens is 355 g/mol. The lowest BCUT2D eigenvalue weighted by Crippen LogP contribution is -2.28. The number of halogens is 2. The van der Waals surface area contributed by atoms with Crippen LogP contribution in [0.2, 0.25) is 10.0 Å². The van der Waals surface area contributed by atoms with E-state index in [1.165, 1.54) is 24.6 Å². The zero-order valence-corrected chi connectivity index (χ0v) is 13.6. The summed E-state index contributed by atoms with van der Waals surface area (Å²) in [6.45, 7) is 0. The van der Waals surface area contributed by atoms with E-state index in [2.05, 4.69) is 21.1 Å². The Morgan fingerprint density at radius 2 is 1.29 bits per heavy atom. The number of phenolic OH excluding ortho intramolecular Hbond substituents is 2. The van der Waals surface area contributed by atoms with E-state index in [-0.39, 0.29) is 11.5 Å². The summed E-state index contributed by atoms with van der Waals surface area (Å²) in [5.41, 5.74) is 5.09. The largest absolute Gasteiger partial charge is 0.507 e. The smallest absolute Gasteiger partial charge is 0.355 e. The van der Waals surface area contributed by atoms with Gasteiger partial charge in [-0.05, 0) is 36.4 Å². The minimum atomic E-state index is -0.704. The molecule has 9 heteroatoms. The van der Waals surface area contributed by atoms with E-state index < -0.39 is 6.03 Å². The van der Waals surface area contributed by atoms with Crippen LogP contribution >= 0.6 is 23.2 Å². The number of phenols is 2. The first kappa shape index (κ1) is 17.6. The molecule has 0 heterocycles. The highest BCUT2D eigenvalue weighted by molar-refractivity contribution is 6.31. The molecule has 2 aromatic carbocycles. The molecule has 0 aliphatic carbocycles. The maximum Gasteiger partial charge on any atom is 0.355 e. The molecule has 0 unspecified atom stereocenters. The fourth-order valence-corrected chi connectivity index (χ4v) is 1.93. The number of hydrazone groups is 2. The summed E-state index contributed by atoms with van der Waals surface area (Å²) in [7, 11) is 0. The highest BCUT2D eigenvalue weighted by Gasteiger charge is 2.01. The molecule has 0 aliphatic heterocycles. The summed E-state index contributed by atoms with van der Waals surface area (Å²) >= 11 is 11.4. The predicted molar refractivity (Wildman–Crippen MR) is 93.1 cm³/mol. The molecule has 7 nitrogen and oxygen atoms in total. The third-order valence-corrected chi connectivity index (χ3v) is 3.19. The Bertz CT molecular complexity index is 744. The third-order valence-electron chi connectivity index (χ3n) is 2.72. The minimum absolute atomic E-state index is 0.0651. The van der Waals surface area contributed by atoms with Crippen molar-refractivity contribution in [2.45, 2.75) is 0 Å². The van der Waals surface area contributed by atoms with Crippen LogP contribution in [-0.2, 0) is 0 Å². The van der Waals surface area contributed by atoms with Crippen molar-refractivity contribution in [1.29, 1.82) is 0 Å². The Morgan fingerprint density at radius 3 is 1.67 bits per heavy atom. The molecule has 24 heavy (non-hydrogen) atoms. The van der Waals surface area contributed by atoms with Gasteiger partial charge in [-0.25, -0.2) is 15.6 Å². The Morgan fingerprint density at radius 1 is 0.875 bits per heavy atom. The van der Waals surface area contributed by atoms with Gasteiger partial charge >= 0.3 is 6.03 Å². The van der Waals surface area contributed by atoms with Crippen molar-refractivity contribution in [3.05, 3.63) is 57.6 Å². The van der Waals surface area contributed by atoms with Crippen LogP contribution in [0.5, 0.6) is 11.5 Å². The molecule has 0 saturated heterocycles. The van der Waals surface area contributed by atoms with Crippen LogP contribution in [0.15, 0.2) is 46.6 Å². The van der Waals surface area contributed by atoms with E-state index in [0.29, 0.717) is 21.2 Å². The summed E-state index contributed by atoms with van der Waals surface area (Å²) < 4.78 is 0. The van der Waals surface area contributed by atoms with Gasteiger partial charge in [-0.3, -0.25) is 0 Å². The molecule has 124 valence electrons. The van der Waals surface area contributed by atoms with Crippen LogP contribution in [0, 0.1) is 0 Å². The summed E-state index contributed by atoms with van der Waals surface area (Å²) in [5, 5.41) is 27.3. The topological polar surface area (TPSA) is 106 Å². The van der Waals surface area contributed by atoms with Crippen molar-refractivity contribution < 1.29 is 15.0 Å². The van der Waals surface area contributed by atoms with Crippen molar-refractivity contribution in [3.8, 4) is 11.5 Å². The predicted octanol–water partition coefficient (Wildman–Crippen LogP) is 3.07. The lowest BCUT2D eigenvalue weighted by Gasteiger charge is -2.01. The molecule has 0 spiro atoms. The minimum Gasteiger partial charge on any atom is -0.507 e. The molecule has 0 fully saturated rings. The number of nitrogens with zero attached hydrogens (tertiary/aromatic N) is 2. The molecule has 2 aromatic rings. The molecular formula is C15H12Cl2N4O3. The normalized spacial score (nSPS) is 11.1. The fourth-order valence-electron chi connectivity index (χ4n) is 1.60. The molecule has 0 saturated carbocycles. The number of hydrogen-bond donors (Lipinski definition) is 4. The number of urea groups is 1. The molecule has 0 atom stereocenters. The van der Waals surface area contributed by atoms with Gasteiger partial charge in [-0.2, -0.15) is 10.2 Å². The quantitative estimate of drug-likeness (QED) is 0.493. The zero-order chi connectivity index (χ0) is 17.5. The van der Waals surface area contributed by atoms with Crippen molar-refractivity contribution in [2.24, 2.45) is 10.2 Å². The zero-order valence-electron chi connectivity index (χ0n) is 12.1. The maximum atomic E-state index is 11.5. The van der Waals surface area contributed by atoms with Gasteiger partial charge < -0.3 is 10.2 Å². The summed E-state index contributed by atoms with van der Waals surface area (Å²) in [5.74, 6) is -0.130. The number of benzene rings is 2. The van der Waals surface area contributed by atoms with Gasteiger partial charge in [0, 0.05) is 21.2 Å². The van der Waals surface area contributed by atoms with E-state index in [1.54, 1.807) is 24.3 Å². The van der Waals surface area contributed by atoms with Crippen molar-refractivity contribution >= 4 is 41.7 Å². The molecule has 0 aliphatic rings. The van der Waals surface area contributed by atoms with Gasteiger partial charge in [0.15, 0.2) is 0 Å². The van der Waals surface area contributed by atoms with Crippen LogP contribution in [-0.4, -0.2) is 28.7 Å². The van der Waals surface area contributed by atoms with E-state index in [9.17, 15) is 15.0 Å². The first-order valence-electron chi connectivity index (χ1n) is 6.55. The van der Waals surface area contributed by atoms with E-state index in [4.69, 9.17) is 23.2 Å². The molecule has 2 amide bonds. The highest BCUT2D eigenvalue weighted by atomic mass is 35.5. The summed E-state index contributed by atoms with van der Waals surface area (Å²) in [6, 6.07) is 8.24. The monoisotopic (exact) mass is 366 g/mol. The molecule has 2 rings (SSSR count). The van der Waals surface area contributed by atoms with E-state index in [1.807, 2.05) is 0 Å². The van der Waals surface area contributed by atoms with Crippen molar-refractivity contribution in [3.63, 3.8) is 0 Å². The van der Waals surface area contributed by atoms with Gasteiger partial charge in [0.2, 0.25) is 0 Å². The fraction of sp³-hybridized carbons (Fsp3) is 0. The van der Waals surface area contributed by atoms with Crippen LogP contribution in [0.1, 0.15) is 11.1 Å². The lowest BCUT2D eigenvalue weighted by molar-refractivity contribution is 0.242. The van der Waals surface area contributed by atoms with E-state index in [0.717, 1.165) is 0 Å². The van der Waals surface area contributed by atoms with Crippen LogP contribution in [0.25, 0.3) is 0 Å². The second kappa shape index (κ2) is 8.19. The Kier molecular flexibility index (Phi) is 6.00. The van der Waals surface area contributed by atoms with E-state index >= 15 is 0 Å². The Balaban J connectivity index is 1.87. The number of amides is 2. The van der Waals surface area contributed by atoms with Crippen LogP contribution in [0.3, 0.4) is 0 Å². The summed E-state index contributed by atoms with van der Waals surface area (Å²) in [4.78, 5) is 11.5. The number of aromatic hydroxyl groups is 2. The lowest BCUT2D eigenvalue weighted by atomic mass is 10.2. The standard InChI is InChI=1S/C15H12Cl2N4O3/c16-11-3-1-9(13(22)5-11)7-18-20-15(24)21-19-8-10-2-4-12(17)6-14(10)23/h1-8,22-23H,(H2,20,21,24). The molecule has 0 bridgehead atoms. The Labute approximate surface area is 147 Å². The number of carbonyl (C=O) groups excluding carboxylic acids is 1. The molecule has 0 aromatic heterocycles. The van der Waals surface area contributed by atoms with Gasteiger partial charge in [-0.15, -0.1) is 0 Å². The number of hydrogen-bond acceptors (Lipinski definition) is 5. The number of nitrogens with one attached hydrogen (secondary N) is 2. The average Bonchev–Trinajstić information content (AvgIpc) is 2.51. The molecule has 0 radical (unpaired) electrons. The van der Waals surface area contributed by atoms with Crippen molar-refractivity contribution in [1.82, 2.24) is 10.9 Å². The average molecular weight is 367 g/mol. The second-order valence-corrected chi connectivity index (χ2v) is 5.35. The molecule has 4 N–H and O–H groups in total. The number of carbonyl (C=O) groups is 1. The van der Waals surface area contributed by atoms with Gasteiger partial charge in [0.1, 0.15) is 11.5 Å². The van der Waals surface area contributed by atoms with Gasteiger partial charge in [0.05, 0.1) is 12.4 Å². The second-order valence-electron chi connectivity index (χ2n) is 4.48. The van der Waals surface area contributed by atoms with Gasteiger partial charge in [-0.1, -0.05) is 23.2 Å². The van der Waals surface area contributed by atoms with Crippen LogP contribution in [0.4, 0.5) is 4.79 Å². The first-order valence-corrected chi connectivity index (χ1v) is 7.30. The SMILES string of the molecule is O=C(NN=Cc1ccc(Cl)cc1O)NN=Cc1ccc(Cl)cc1O. The van der Waals surface area contributed by atoms with Crippen molar-refractivity contribution in [2.75, 3.05) is 0 Å². The summed E-state index contributed by atoms with van der Waals surface area (Å²) in [6.07, 6.45) is 2.50. The third kappa shape index (κ3) is 5.15.